The zero-order valence-electron chi connectivity index (χ0n) is 10.1. The van der Waals surface area contributed by atoms with Gasteiger partial charge in [-0.05, 0) is 28.1 Å². The maximum atomic E-state index is 13.4. The van der Waals surface area contributed by atoms with E-state index in [4.69, 9.17) is 9.47 Å². The molecule has 8 heteroatoms. The predicted molar refractivity (Wildman–Crippen MR) is 70.1 cm³/mol. The van der Waals surface area contributed by atoms with Crippen LogP contribution in [0.3, 0.4) is 0 Å². The van der Waals surface area contributed by atoms with Crippen molar-refractivity contribution in [2.24, 2.45) is 0 Å². The third kappa shape index (κ3) is 3.28. The van der Waals surface area contributed by atoms with Crippen molar-refractivity contribution in [3.05, 3.63) is 28.5 Å². The van der Waals surface area contributed by atoms with Gasteiger partial charge in [0.05, 0.1) is 11.6 Å². The summed E-state index contributed by atoms with van der Waals surface area (Å²) in [5.74, 6) is 0.128. The number of halogens is 2. The average Bonchev–Trinajstić information content (AvgIpc) is 2.42. The molecular formula is C11H10BrFN4O2. The summed E-state index contributed by atoms with van der Waals surface area (Å²) in [5.41, 5.74) is 0. The van der Waals surface area contributed by atoms with E-state index in [2.05, 4.69) is 36.2 Å². The van der Waals surface area contributed by atoms with Crippen molar-refractivity contribution < 1.29 is 13.9 Å². The Labute approximate surface area is 117 Å². The van der Waals surface area contributed by atoms with Gasteiger partial charge < -0.3 is 14.8 Å². The topological polar surface area (TPSA) is 69.2 Å². The molecule has 0 spiro atoms. The van der Waals surface area contributed by atoms with Gasteiger partial charge in [0.25, 0.3) is 0 Å². The lowest BCUT2D eigenvalue weighted by molar-refractivity contribution is 0.360. The minimum atomic E-state index is -0.438. The van der Waals surface area contributed by atoms with E-state index < -0.39 is 5.82 Å². The number of rotatable bonds is 4. The Bertz CT molecular complexity index is 575. The number of hydrogen-bond donors (Lipinski definition) is 1. The summed E-state index contributed by atoms with van der Waals surface area (Å²) in [6.45, 7) is 0. The molecular weight excluding hydrogens is 319 g/mol. The van der Waals surface area contributed by atoms with E-state index in [0.717, 1.165) is 0 Å². The van der Waals surface area contributed by atoms with Crippen molar-refractivity contribution in [1.29, 1.82) is 0 Å². The minimum Gasteiger partial charge on any atom is -0.467 e. The molecule has 0 aliphatic carbocycles. The minimum absolute atomic E-state index is 0.0120. The fourth-order valence-corrected chi connectivity index (χ4v) is 1.48. The molecule has 0 unspecified atom stereocenters. The molecule has 100 valence electrons. The molecule has 0 amide bonds. The standard InChI is InChI=1S/C11H10BrFN4O2/c1-14-9-15-10(18-2)17-11(16-9)19-6-3-4-7(12)8(13)5-6/h3-5H,1-2H3,(H,14,15,16,17). The molecule has 2 rings (SSSR count). The smallest absolute Gasteiger partial charge is 0.330 e. The number of nitrogens with zero attached hydrogens (tertiary/aromatic N) is 3. The highest BCUT2D eigenvalue weighted by Gasteiger charge is 2.09. The summed E-state index contributed by atoms with van der Waals surface area (Å²) < 4.78 is 24.0. The number of hydrogen-bond acceptors (Lipinski definition) is 6. The fraction of sp³-hybridized carbons (Fsp3) is 0.182. The number of nitrogens with one attached hydrogen (secondary N) is 1. The van der Waals surface area contributed by atoms with Gasteiger partial charge in [0.1, 0.15) is 11.6 Å². The van der Waals surface area contributed by atoms with Crippen molar-refractivity contribution in [3.8, 4) is 17.8 Å². The molecule has 1 N–H and O–H groups in total. The first-order valence-electron chi connectivity index (χ1n) is 5.23. The molecule has 1 aromatic heterocycles. The Balaban J connectivity index is 2.29. The van der Waals surface area contributed by atoms with Crippen LogP contribution in [0.1, 0.15) is 0 Å². The van der Waals surface area contributed by atoms with Crippen molar-refractivity contribution >= 4 is 21.9 Å². The summed E-state index contributed by atoms with van der Waals surface area (Å²) in [4.78, 5) is 11.8. The highest BCUT2D eigenvalue weighted by molar-refractivity contribution is 9.10. The van der Waals surface area contributed by atoms with E-state index in [0.29, 0.717) is 10.4 Å². The third-order valence-electron chi connectivity index (χ3n) is 2.10. The molecule has 0 aliphatic heterocycles. The number of ether oxygens (including phenoxy) is 2. The molecule has 0 saturated carbocycles. The van der Waals surface area contributed by atoms with E-state index in [1.807, 2.05) is 0 Å². The van der Waals surface area contributed by atoms with Crippen LogP contribution in [0.25, 0.3) is 0 Å². The van der Waals surface area contributed by atoms with Crippen LogP contribution < -0.4 is 14.8 Å². The lowest BCUT2D eigenvalue weighted by atomic mass is 10.3. The third-order valence-corrected chi connectivity index (χ3v) is 2.74. The second kappa shape index (κ2) is 5.79. The number of aromatic nitrogens is 3. The molecule has 0 saturated heterocycles. The summed E-state index contributed by atoms with van der Waals surface area (Å²) in [5, 5.41) is 2.74. The van der Waals surface area contributed by atoms with Crippen molar-refractivity contribution in [3.63, 3.8) is 0 Å². The van der Waals surface area contributed by atoms with Crippen LogP contribution in [0, 0.1) is 5.82 Å². The van der Waals surface area contributed by atoms with Gasteiger partial charge in [0, 0.05) is 13.1 Å². The molecule has 6 nitrogen and oxygen atoms in total. The van der Waals surface area contributed by atoms with Crippen molar-refractivity contribution in [2.45, 2.75) is 0 Å². The molecule has 19 heavy (non-hydrogen) atoms. The monoisotopic (exact) mass is 328 g/mol. The maximum absolute atomic E-state index is 13.4. The first-order chi connectivity index (χ1) is 9.12. The lowest BCUT2D eigenvalue weighted by Crippen LogP contribution is -2.03. The first-order valence-corrected chi connectivity index (χ1v) is 6.02. The Morgan fingerprint density at radius 3 is 2.58 bits per heavy atom. The van der Waals surface area contributed by atoms with Crippen LogP contribution in [-0.2, 0) is 0 Å². The van der Waals surface area contributed by atoms with Gasteiger partial charge >= 0.3 is 12.0 Å². The zero-order valence-corrected chi connectivity index (χ0v) is 11.7. The average molecular weight is 329 g/mol. The van der Waals surface area contributed by atoms with E-state index >= 15 is 0 Å². The normalized spacial score (nSPS) is 10.1. The van der Waals surface area contributed by atoms with Crippen LogP contribution in [-0.4, -0.2) is 29.1 Å². The maximum Gasteiger partial charge on any atom is 0.330 e. The van der Waals surface area contributed by atoms with Crippen molar-refractivity contribution in [1.82, 2.24) is 15.0 Å². The molecule has 2 aromatic rings. The number of methoxy groups -OCH3 is 1. The summed E-state index contributed by atoms with van der Waals surface area (Å²) in [7, 11) is 3.08. The summed E-state index contributed by atoms with van der Waals surface area (Å²) in [6, 6.07) is 4.45. The quantitative estimate of drug-likeness (QED) is 0.930. The molecule has 1 heterocycles. The SMILES string of the molecule is CNc1nc(OC)nc(Oc2ccc(Br)c(F)c2)n1. The second-order valence-electron chi connectivity index (χ2n) is 3.36. The second-order valence-corrected chi connectivity index (χ2v) is 4.21. The zero-order chi connectivity index (χ0) is 13.8. The highest BCUT2D eigenvalue weighted by atomic mass is 79.9. The molecule has 0 bridgehead atoms. The Kier molecular flexibility index (Phi) is 4.10. The van der Waals surface area contributed by atoms with E-state index in [1.54, 1.807) is 13.1 Å². The van der Waals surface area contributed by atoms with Gasteiger partial charge in [-0.25, -0.2) is 4.39 Å². The fourth-order valence-electron chi connectivity index (χ4n) is 1.23. The van der Waals surface area contributed by atoms with E-state index in [1.165, 1.54) is 19.2 Å². The molecule has 0 aliphatic rings. The number of benzene rings is 1. The highest BCUT2D eigenvalue weighted by Crippen LogP contribution is 2.24. The number of anilines is 1. The molecule has 0 radical (unpaired) electrons. The Morgan fingerprint density at radius 1 is 1.21 bits per heavy atom. The van der Waals surface area contributed by atoms with Gasteiger partial charge in [-0.2, -0.15) is 9.97 Å². The van der Waals surface area contributed by atoms with Crippen molar-refractivity contribution in [2.75, 3.05) is 19.5 Å². The van der Waals surface area contributed by atoms with Gasteiger partial charge in [-0.15, -0.1) is 4.98 Å². The first kappa shape index (κ1) is 13.5. The molecule has 1 aromatic carbocycles. The Hall–Kier alpha value is -1.96. The predicted octanol–water partition coefficient (Wildman–Crippen LogP) is 2.62. The van der Waals surface area contributed by atoms with Crippen LogP contribution in [0.4, 0.5) is 10.3 Å². The van der Waals surface area contributed by atoms with Crippen LogP contribution in [0.5, 0.6) is 17.8 Å². The largest absolute Gasteiger partial charge is 0.467 e. The lowest BCUT2D eigenvalue weighted by Gasteiger charge is -2.07. The van der Waals surface area contributed by atoms with Gasteiger partial charge in [-0.1, -0.05) is 0 Å². The van der Waals surface area contributed by atoms with Gasteiger partial charge in [0.15, 0.2) is 0 Å². The van der Waals surface area contributed by atoms with Crippen LogP contribution in [0.15, 0.2) is 22.7 Å². The summed E-state index contributed by atoms with van der Waals surface area (Å²) in [6.07, 6.45) is 0. The van der Waals surface area contributed by atoms with Crippen LogP contribution >= 0.6 is 15.9 Å². The van der Waals surface area contributed by atoms with Gasteiger partial charge in [-0.3, -0.25) is 0 Å². The molecule has 0 atom stereocenters. The van der Waals surface area contributed by atoms with Gasteiger partial charge in [0.2, 0.25) is 5.95 Å². The van der Waals surface area contributed by atoms with E-state index in [9.17, 15) is 4.39 Å². The van der Waals surface area contributed by atoms with Crippen LogP contribution in [0.2, 0.25) is 0 Å². The van der Waals surface area contributed by atoms with E-state index in [-0.39, 0.29) is 17.8 Å². The Morgan fingerprint density at radius 2 is 1.95 bits per heavy atom. The molecule has 0 fully saturated rings. The summed E-state index contributed by atoms with van der Waals surface area (Å²) >= 11 is 3.06.